The lowest BCUT2D eigenvalue weighted by Crippen LogP contribution is -1.88. The van der Waals surface area contributed by atoms with Crippen LogP contribution in [-0.4, -0.2) is 0 Å². The average molecular weight is 177 g/mol. The van der Waals surface area contributed by atoms with Gasteiger partial charge in [-0.1, -0.05) is 11.2 Å². The Morgan fingerprint density at radius 2 is 2.38 bits per heavy atom. The third kappa shape index (κ3) is 1.36. The molecule has 0 heterocycles. The minimum absolute atomic E-state index is 0.171. The van der Waals surface area contributed by atoms with Crippen LogP contribution in [0.25, 0.3) is 10.4 Å². The maximum absolute atomic E-state index is 12.8. The zero-order valence-electron chi connectivity index (χ0n) is 6.94. The molecule has 4 heteroatoms. The molecule has 1 aliphatic rings. The van der Waals surface area contributed by atoms with Gasteiger partial charge in [-0.25, -0.2) is 4.39 Å². The summed E-state index contributed by atoms with van der Waals surface area (Å²) < 4.78 is 12.8. The van der Waals surface area contributed by atoms with Gasteiger partial charge in [0.2, 0.25) is 0 Å². The first kappa shape index (κ1) is 8.08. The Balaban J connectivity index is 2.45. The number of azide groups is 1. The zero-order valence-corrected chi connectivity index (χ0v) is 6.94. The van der Waals surface area contributed by atoms with E-state index in [0.29, 0.717) is 0 Å². The Hall–Kier alpha value is -1.54. The summed E-state index contributed by atoms with van der Waals surface area (Å²) in [5.74, 6) is -0.265. The maximum atomic E-state index is 12.8. The molecule has 0 saturated carbocycles. The number of fused-ring (bicyclic) bond motifs is 1. The molecule has 0 radical (unpaired) electrons. The summed E-state index contributed by atoms with van der Waals surface area (Å²) in [6.07, 6.45) is 1.67. The molecule has 0 aromatic heterocycles. The van der Waals surface area contributed by atoms with Crippen molar-refractivity contribution in [2.24, 2.45) is 5.11 Å². The fraction of sp³-hybridized carbons (Fsp3) is 0.333. The summed E-state index contributed by atoms with van der Waals surface area (Å²) >= 11 is 0. The van der Waals surface area contributed by atoms with Gasteiger partial charge in [0.25, 0.3) is 0 Å². The van der Waals surface area contributed by atoms with Crippen molar-refractivity contribution in [3.63, 3.8) is 0 Å². The van der Waals surface area contributed by atoms with Crippen LogP contribution in [0.5, 0.6) is 0 Å². The van der Waals surface area contributed by atoms with Crippen molar-refractivity contribution in [2.45, 2.75) is 18.9 Å². The standard InChI is InChI=1S/C9H8FN3/c10-7-3-1-6-2-4-9(12-13-11)8(6)5-7/h1,3,5,9H,2,4H2/t9-/m1/s1. The highest BCUT2D eigenvalue weighted by Gasteiger charge is 2.21. The second kappa shape index (κ2) is 3.07. The Morgan fingerprint density at radius 3 is 3.15 bits per heavy atom. The quantitative estimate of drug-likeness (QED) is 0.359. The molecule has 0 saturated heterocycles. The predicted octanol–water partition coefficient (Wildman–Crippen LogP) is 3.12. The summed E-state index contributed by atoms with van der Waals surface area (Å²) in [6, 6.07) is 4.49. The lowest BCUT2D eigenvalue weighted by molar-refractivity contribution is 0.621. The summed E-state index contributed by atoms with van der Waals surface area (Å²) in [6.45, 7) is 0. The number of hydrogen-bond acceptors (Lipinski definition) is 1. The number of rotatable bonds is 1. The maximum Gasteiger partial charge on any atom is 0.123 e. The first-order valence-electron chi connectivity index (χ1n) is 4.14. The summed E-state index contributed by atoms with van der Waals surface area (Å²) in [5.41, 5.74) is 10.2. The van der Waals surface area contributed by atoms with Crippen molar-refractivity contribution in [3.8, 4) is 0 Å². The van der Waals surface area contributed by atoms with E-state index in [1.54, 1.807) is 6.07 Å². The second-order valence-electron chi connectivity index (χ2n) is 3.10. The highest BCUT2D eigenvalue weighted by atomic mass is 19.1. The van der Waals surface area contributed by atoms with Crippen molar-refractivity contribution < 1.29 is 4.39 Å². The fourth-order valence-electron chi connectivity index (χ4n) is 1.73. The molecule has 2 rings (SSSR count). The second-order valence-corrected chi connectivity index (χ2v) is 3.10. The van der Waals surface area contributed by atoms with Crippen LogP contribution in [0.2, 0.25) is 0 Å². The molecule has 0 N–H and O–H groups in total. The Kier molecular flexibility index (Phi) is 1.91. The average Bonchev–Trinajstić information content (AvgIpc) is 2.49. The topological polar surface area (TPSA) is 48.8 Å². The number of halogens is 1. The highest BCUT2D eigenvalue weighted by Crippen LogP contribution is 2.34. The van der Waals surface area contributed by atoms with Crippen LogP contribution in [0.3, 0.4) is 0 Å². The molecule has 0 unspecified atom stereocenters. The van der Waals surface area contributed by atoms with Crippen molar-refractivity contribution in [2.75, 3.05) is 0 Å². The van der Waals surface area contributed by atoms with E-state index in [9.17, 15) is 4.39 Å². The molecule has 0 fully saturated rings. The van der Waals surface area contributed by atoms with Gasteiger partial charge < -0.3 is 0 Å². The number of aryl methyl sites for hydroxylation is 1. The third-order valence-electron chi connectivity index (χ3n) is 2.35. The molecule has 0 aliphatic heterocycles. The van der Waals surface area contributed by atoms with Gasteiger partial charge in [0.05, 0.1) is 6.04 Å². The molecule has 1 atom stereocenters. The van der Waals surface area contributed by atoms with Crippen molar-refractivity contribution in [1.29, 1.82) is 0 Å². The summed E-state index contributed by atoms with van der Waals surface area (Å²) in [4.78, 5) is 2.75. The highest BCUT2D eigenvalue weighted by molar-refractivity contribution is 5.35. The van der Waals surface area contributed by atoms with Gasteiger partial charge in [-0.3, -0.25) is 0 Å². The molecule has 0 amide bonds. The minimum atomic E-state index is -0.265. The van der Waals surface area contributed by atoms with Crippen LogP contribution in [0.4, 0.5) is 4.39 Å². The minimum Gasteiger partial charge on any atom is -0.207 e. The molecule has 1 aromatic rings. The van der Waals surface area contributed by atoms with Gasteiger partial charge in [0, 0.05) is 4.91 Å². The van der Waals surface area contributed by atoms with Crippen LogP contribution in [0.15, 0.2) is 23.3 Å². The molecular weight excluding hydrogens is 169 g/mol. The molecule has 0 bridgehead atoms. The molecule has 1 aliphatic carbocycles. The first-order chi connectivity index (χ1) is 6.31. The molecular formula is C9H8FN3. The van der Waals surface area contributed by atoms with E-state index in [2.05, 4.69) is 10.0 Å². The van der Waals surface area contributed by atoms with E-state index in [0.717, 1.165) is 24.0 Å². The van der Waals surface area contributed by atoms with E-state index >= 15 is 0 Å². The lowest BCUT2D eigenvalue weighted by Gasteiger charge is -2.02. The monoisotopic (exact) mass is 177 g/mol. The van der Waals surface area contributed by atoms with E-state index in [1.807, 2.05) is 0 Å². The molecule has 3 nitrogen and oxygen atoms in total. The summed E-state index contributed by atoms with van der Waals surface area (Å²) in [5, 5.41) is 3.62. The number of nitrogens with zero attached hydrogens (tertiary/aromatic N) is 3. The third-order valence-corrected chi connectivity index (χ3v) is 2.35. The molecule has 0 spiro atoms. The van der Waals surface area contributed by atoms with E-state index < -0.39 is 0 Å². The zero-order chi connectivity index (χ0) is 9.26. The SMILES string of the molecule is [N-]=[N+]=N[C@@H]1CCc2ccc(F)cc21. The fourth-order valence-corrected chi connectivity index (χ4v) is 1.73. The number of benzene rings is 1. The van der Waals surface area contributed by atoms with Gasteiger partial charge in [-0.05, 0) is 41.6 Å². The van der Waals surface area contributed by atoms with Gasteiger partial charge >= 0.3 is 0 Å². The van der Waals surface area contributed by atoms with Gasteiger partial charge in [0.1, 0.15) is 5.82 Å². The van der Waals surface area contributed by atoms with Crippen LogP contribution in [0, 0.1) is 5.82 Å². The van der Waals surface area contributed by atoms with Gasteiger partial charge in [0.15, 0.2) is 0 Å². The first-order valence-corrected chi connectivity index (χ1v) is 4.14. The lowest BCUT2D eigenvalue weighted by atomic mass is 10.1. The number of hydrogen-bond donors (Lipinski definition) is 0. The largest absolute Gasteiger partial charge is 0.207 e. The molecule has 1 aromatic carbocycles. The Morgan fingerprint density at radius 1 is 1.54 bits per heavy atom. The van der Waals surface area contributed by atoms with Crippen molar-refractivity contribution >= 4 is 0 Å². The smallest absolute Gasteiger partial charge is 0.123 e. The van der Waals surface area contributed by atoms with Gasteiger partial charge in [-0.2, -0.15) is 0 Å². The Bertz CT molecular complexity index is 382. The van der Waals surface area contributed by atoms with Crippen molar-refractivity contribution in [3.05, 3.63) is 45.6 Å². The van der Waals surface area contributed by atoms with Crippen LogP contribution < -0.4 is 0 Å². The van der Waals surface area contributed by atoms with Gasteiger partial charge in [-0.15, -0.1) is 0 Å². The summed E-state index contributed by atoms with van der Waals surface area (Å²) in [7, 11) is 0. The van der Waals surface area contributed by atoms with Crippen LogP contribution in [0.1, 0.15) is 23.6 Å². The van der Waals surface area contributed by atoms with E-state index in [1.165, 1.54) is 12.1 Å². The van der Waals surface area contributed by atoms with E-state index in [4.69, 9.17) is 5.53 Å². The van der Waals surface area contributed by atoms with Crippen molar-refractivity contribution in [1.82, 2.24) is 0 Å². The van der Waals surface area contributed by atoms with E-state index in [-0.39, 0.29) is 11.9 Å². The normalized spacial score (nSPS) is 19.3. The molecule has 13 heavy (non-hydrogen) atoms. The molecule has 66 valence electrons. The Labute approximate surface area is 74.8 Å². The predicted molar refractivity (Wildman–Crippen MR) is 46.6 cm³/mol. The van der Waals surface area contributed by atoms with Crippen LogP contribution >= 0.6 is 0 Å². The van der Waals surface area contributed by atoms with Crippen LogP contribution in [-0.2, 0) is 6.42 Å².